The van der Waals surface area contributed by atoms with Crippen LogP contribution in [0.2, 0.25) is 0 Å². The molecule has 0 radical (unpaired) electrons. The largest absolute Gasteiger partial charge is 0.337 e. The van der Waals surface area contributed by atoms with Gasteiger partial charge in [0.2, 0.25) is 5.91 Å². The normalized spacial score (nSPS) is 13.3. The van der Waals surface area contributed by atoms with Gasteiger partial charge >= 0.3 is 0 Å². The van der Waals surface area contributed by atoms with Gasteiger partial charge in [-0.2, -0.15) is 5.26 Å². The fraction of sp³-hybridized carbons (Fsp3) is 0.421. The van der Waals surface area contributed by atoms with E-state index in [1.807, 2.05) is 39.0 Å². The predicted octanol–water partition coefficient (Wildman–Crippen LogP) is 3.46. The molecule has 0 spiro atoms. The summed E-state index contributed by atoms with van der Waals surface area (Å²) >= 11 is 1.35. The zero-order valence-electron chi connectivity index (χ0n) is 15.1. The first-order chi connectivity index (χ1) is 11.8. The molecule has 1 unspecified atom stereocenters. The molecule has 2 rings (SSSR count). The van der Waals surface area contributed by atoms with Crippen LogP contribution in [-0.4, -0.2) is 27.2 Å². The van der Waals surface area contributed by atoms with E-state index in [9.17, 15) is 10.1 Å². The van der Waals surface area contributed by atoms with Crippen LogP contribution in [0.3, 0.4) is 0 Å². The number of rotatable bonds is 7. The van der Waals surface area contributed by atoms with Crippen LogP contribution in [0, 0.1) is 24.2 Å². The highest BCUT2D eigenvalue weighted by Gasteiger charge is 2.29. The molecular weight excluding hydrogens is 332 g/mol. The number of aromatic amines is 1. The van der Waals surface area contributed by atoms with Crippen molar-refractivity contribution in [3.05, 3.63) is 47.3 Å². The van der Waals surface area contributed by atoms with Gasteiger partial charge in [0, 0.05) is 12.1 Å². The Bertz CT molecular complexity index is 763. The van der Waals surface area contributed by atoms with E-state index in [-0.39, 0.29) is 17.6 Å². The summed E-state index contributed by atoms with van der Waals surface area (Å²) in [5.74, 6) is 0.0954. The summed E-state index contributed by atoms with van der Waals surface area (Å²) in [4.78, 5) is 20.0. The van der Waals surface area contributed by atoms with E-state index >= 15 is 0 Å². The summed E-state index contributed by atoms with van der Waals surface area (Å²) in [6.45, 7) is 7.57. The number of amides is 1. The minimum Gasteiger partial charge on any atom is -0.337 e. The van der Waals surface area contributed by atoms with Crippen molar-refractivity contribution in [1.82, 2.24) is 15.3 Å². The van der Waals surface area contributed by atoms with E-state index in [0.29, 0.717) is 0 Å². The van der Waals surface area contributed by atoms with Crippen LogP contribution >= 0.6 is 11.8 Å². The highest BCUT2D eigenvalue weighted by molar-refractivity contribution is 7.99. The van der Waals surface area contributed by atoms with Gasteiger partial charge in [0.05, 0.1) is 17.5 Å². The molecule has 0 fully saturated rings. The second-order valence-electron chi connectivity index (χ2n) is 6.58. The van der Waals surface area contributed by atoms with Crippen LogP contribution in [0.5, 0.6) is 0 Å². The van der Waals surface area contributed by atoms with Crippen molar-refractivity contribution in [3.63, 3.8) is 0 Å². The number of H-pyrrole nitrogens is 1. The van der Waals surface area contributed by atoms with E-state index < -0.39 is 5.54 Å². The average Bonchev–Trinajstić information content (AvgIpc) is 2.93. The molecule has 0 bridgehead atoms. The Morgan fingerprint density at radius 3 is 2.68 bits per heavy atom. The van der Waals surface area contributed by atoms with Crippen LogP contribution in [-0.2, 0) is 11.2 Å². The predicted molar refractivity (Wildman–Crippen MR) is 100 cm³/mol. The molecule has 1 aromatic carbocycles. The summed E-state index contributed by atoms with van der Waals surface area (Å²) in [6.07, 6.45) is 0.760. The Morgan fingerprint density at radius 2 is 2.08 bits per heavy atom. The Kier molecular flexibility index (Phi) is 6.27. The SMILES string of the molecule is Cc1[nH]c(SCC(=O)NC(C)(C#N)C(C)C)nc1Cc1ccccc1. The molecule has 1 heterocycles. The Hall–Kier alpha value is -2.26. The fourth-order valence-corrected chi connectivity index (χ4v) is 3.00. The molecule has 6 heteroatoms. The number of nitriles is 1. The lowest BCUT2D eigenvalue weighted by molar-refractivity contribution is -0.120. The summed E-state index contributed by atoms with van der Waals surface area (Å²) in [5.41, 5.74) is 2.34. The molecule has 1 aromatic heterocycles. The molecule has 0 aliphatic carbocycles. The third-order valence-corrected chi connectivity index (χ3v) is 5.18. The number of thioether (sulfide) groups is 1. The number of hydrogen-bond donors (Lipinski definition) is 2. The molecule has 0 aliphatic rings. The molecule has 0 saturated heterocycles. The minimum absolute atomic E-state index is 0.0368. The number of nitrogens with one attached hydrogen (secondary N) is 2. The van der Waals surface area contributed by atoms with Gasteiger partial charge in [-0.3, -0.25) is 4.79 Å². The lowest BCUT2D eigenvalue weighted by Crippen LogP contribution is -2.49. The van der Waals surface area contributed by atoms with Crippen molar-refractivity contribution in [2.24, 2.45) is 5.92 Å². The van der Waals surface area contributed by atoms with Crippen LogP contribution in [0.4, 0.5) is 0 Å². The molecule has 1 amide bonds. The molecule has 2 N–H and O–H groups in total. The number of benzene rings is 1. The van der Waals surface area contributed by atoms with Crippen LogP contribution in [0.15, 0.2) is 35.5 Å². The third-order valence-electron chi connectivity index (χ3n) is 4.30. The summed E-state index contributed by atoms with van der Waals surface area (Å²) < 4.78 is 0. The second kappa shape index (κ2) is 8.21. The van der Waals surface area contributed by atoms with E-state index in [0.717, 1.165) is 23.0 Å². The fourth-order valence-electron chi connectivity index (χ4n) is 2.26. The molecule has 132 valence electrons. The zero-order chi connectivity index (χ0) is 18.4. The average molecular weight is 356 g/mol. The quantitative estimate of drug-likeness (QED) is 0.745. The van der Waals surface area contributed by atoms with Crippen molar-refractivity contribution in [1.29, 1.82) is 5.26 Å². The Morgan fingerprint density at radius 1 is 1.40 bits per heavy atom. The zero-order valence-corrected chi connectivity index (χ0v) is 15.9. The summed E-state index contributed by atoms with van der Waals surface area (Å²) in [6, 6.07) is 12.3. The molecule has 2 aromatic rings. The van der Waals surface area contributed by atoms with E-state index in [1.165, 1.54) is 17.3 Å². The van der Waals surface area contributed by atoms with Gasteiger partial charge in [0.1, 0.15) is 5.54 Å². The van der Waals surface area contributed by atoms with Gasteiger partial charge in [0.15, 0.2) is 5.16 Å². The van der Waals surface area contributed by atoms with Crippen molar-refractivity contribution >= 4 is 17.7 Å². The van der Waals surface area contributed by atoms with Crippen molar-refractivity contribution in [2.75, 3.05) is 5.75 Å². The number of carbonyl (C=O) groups excluding carboxylic acids is 1. The number of carbonyl (C=O) groups is 1. The highest BCUT2D eigenvalue weighted by Crippen LogP contribution is 2.20. The maximum atomic E-state index is 12.2. The number of aromatic nitrogens is 2. The van der Waals surface area contributed by atoms with Gasteiger partial charge in [-0.05, 0) is 25.3 Å². The van der Waals surface area contributed by atoms with Gasteiger partial charge in [-0.1, -0.05) is 55.9 Å². The minimum atomic E-state index is -0.852. The van der Waals surface area contributed by atoms with Crippen molar-refractivity contribution < 1.29 is 4.79 Å². The van der Waals surface area contributed by atoms with Gasteiger partial charge in [-0.25, -0.2) is 4.98 Å². The van der Waals surface area contributed by atoms with Crippen molar-refractivity contribution in [2.45, 2.75) is 44.8 Å². The molecular formula is C19H24N4OS. The topological polar surface area (TPSA) is 81.6 Å². The van der Waals surface area contributed by atoms with E-state index in [1.54, 1.807) is 6.92 Å². The Balaban J connectivity index is 1.95. The Labute approximate surface area is 153 Å². The first-order valence-electron chi connectivity index (χ1n) is 8.28. The first-order valence-corrected chi connectivity index (χ1v) is 9.27. The number of imidazole rings is 1. The van der Waals surface area contributed by atoms with Gasteiger partial charge in [0.25, 0.3) is 0 Å². The smallest absolute Gasteiger partial charge is 0.231 e. The molecule has 0 aliphatic heterocycles. The lowest BCUT2D eigenvalue weighted by Gasteiger charge is -2.27. The maximum Gasteiger partial charge on any atom is 0.231 e. The number of nitrogens with zero attached hydrogens (tertiary/aromatic N) is 2. The van der Waals surface area contributed by atoms with E-state index in [4.69, 9.17) is 0 Å². The molecule has 0 saturated carbocycles. The molecule has 1 atom stereocenters. The summed E-state index contributed by atoms with van der Waals surface area (Å²) in [5, 5.41) is 12.8. The first kappa shape index (κ1) is 19.1. The summed E-state index contributed by atoms with van der Waals surface area (Å²) in [7, 11) is 0. The van der Waals surface area contributed by atoms with Crippen molar-refractivity contribution in [3.8, 4) is 6.07 Å². The molecule has 25 heavy (non-hydrogen) atoms. The lowest BCUT2D eigenvalue weighted by atomic mass is 9.90. The highest BCUT2D eigenvalue weighted by atomic mass is 32.2. The second-order valence-corrected chi connectivity index (χ2v) is 7.55. The van der Waals surface area contributed by atoms with Crippen LogP contribution in [0.1, 0.15) is 37.7 Å². The van der Waals surface area contributed by atoms with Crippen LogP contribution < -0.4 is 5.32 Å². The molecule has 5 nitrogen and oxygen atoms in total. The van der Waals surface area contributed by atoms with Crippen LogP contribution in [0.25, 0.3) is 0 Å². The maximum absolute atomic E-state index is 12.2. The number of aryl methyl sites for hydroxylation is 1. The standard InChI is InChI=1S/C19H24N4OS/c1-13(2)19(4,12-20)23-17(24)11-25-18-21-14(3)16(22-18)10-15-8-6-5-7-9-15/h5-9,13H,10-11H2,1-4H3,(H,21,22)(H,23,24). The monoisotopic (exact) mass is 356 g/mol. The van der Waals surface area contributed by atoms with E-state index in [2.05, 4.69) is 33.5 Å². The van der Waals surface area contributed by atoms with Gasteiger partial charge < -0.3 is 10.3 Å². The van der Waals surface area contributed by atoms with Gasteiger partial charge in [-0.15, -0.1) is 0 Å². The number of hydrogen-bond acceptors (Lipinski definition) is 4. The third kappa shape index (κ3) is 5.10.